The second kappa shape index (κ2) is 25.9. The van der Waals surface area contributed by atoms with E-state index in [-0.39, 0.29) is 104 Å². The van der Waals surface area contributed by atoms with E-state index in [1.165, 1.54) is 34.6 Å². The number of carboxylic acids is 1. The van der Waals surface area contributed by atoms with Crippen molar-refractivity contribution in [2.75, 3.05) is 58.2 Å². The Kier molecular flexibility index (Phi) is 22.3. The number of Topliss-reactive ketones (excluding diaryl/α,β-unsaturated/α-hetero) is 5. The minimum Gasteiger partial charge on any atom is -0.480 e. The van der Waals surface area contributed by atoms with Gasteiger partial charge in [-0.05, 0) is 104 Å². The van der Waals surface area contributed by atoms with Crippen molar-refractivity contribution in [3.8, 4) is 0 Å². The zero-order chi connectivity index (χ0) is 42.5. The average molecular weight is 799 g/mol. The van der Waals surface area contributed by atoms with Crippen LogP contribution in [-0.4, -0.2) is 144 Å². The molecule has 4 N–H and O–H groups in total. The minimum absolute atomic E-state index is 0.0406. The number of carboxylic acid groups (broad SMARTS) is 1. The molecule has 57 heavy (non-hydrogen) atoms. The van der Waals surface area contributed by atoms with Gasteiger partial charge in [-0.25, -0.2) is 0 Å². The first-order valence-electron chi connectivity index (χ1n) is 20.2. The number of carbonyl (C=O) groups excluding carboxylic acids is 7. The van der Waals surface area contributed by atoms with Gasteiger partial charge < -0.3 is 21.1 Å². The second-order valence-corrected chi connectivity index (χ2v) is 15.7. The summed E-state index contributed by atoms with van der Waals surface area (Å²) in [7, 11) is 1.60. The van der Waals surface area contributed by atoms with Gasteiger partial charge in [0.2, 0.25) is 11.8 Å². The molecule has 1 unspecified atom stereocenters. The third-order valence-electron chi connectivity index (χ3n) is 10.1. The van der Waals surface area contributed by atoms with Crippen molar-refractivity contribution in [2.45, 2.75) is 129 Å². The first-order chi connectivity index (χ1) is 27.0. The number of amides is 2. The van der Waals surface area contributed by atoms with Gasteiger partial charge in [-0.1, -0.05) is 25.0 Å². The molecule has 0 spiro atoms. The summed E-state index contributed by atoms with van der Waals surface area (Å²) in [5.74, 6) is -1.64. The fourth-order valence-corrected chi connectivity index (χ4v) is 7.69. The number of rotatable bonds is 29. The Morgan fingerprint density at radius 2 is 1.19 bits per heavy atom. The molecule has 2 rings (SSSR count). The van der Waals surface area contributed by atoms with Gasteiger partial charge in [0, 0.05) is 49.7 Å². The molecule has 15 heteroatoms. The first kappa shape index (κ1) is 49.0. The smallest absolute Gasteiger partial charge is 0.320 e. The zero-order valence-corrected chi connectivity index (χ0v) is 34.9. The average Bonchev–Trinajstić information content (AvgIpc) is 3.11. The summed E-state index contributed by atoms with van der Waals surface area (Å²) in [6.45, 7) is 8.79. The molecule has 1 aromatic rings. The van der Waals surface area contributed by atoms with Crippen LogP contribution in [0.4, 0.5) is 5.69 Å². The third kappa shape index (κ3) is 19.7. The molecule has 0 bridgehead atoms. The lowest BCUT2D eigenvalue weighted by atomic mass is 9.86. The summed E-state index contributed by atoms with van der Waals surface area (Å²) in [6.07, 6.45) is 6.30. The molecule has 4 atom stereocenters. The van der Waals surface area contributed by atoms with Crippen LogP contribution in [-0.2, 0) is 44.8 Å². The Morgan fingerprint density at radius 3 is 1.70 bits per heavy atom. The summed E-state index contributed by atoms with van der Waals surface area (Å²) in [5, 5.41) is 17.5. The summed E-state index contributed by atoms with van der Waals surface area (Å²) in [5.41, 5.74) is 1.48. The summed E-state index contributed by atoms with van der Waals surface area (Å²) >= 11 is 0. The van der Waals surface area contributed by atoms with Gasteiger partial charge >= 0.3 is 5.97 Å². The monoisotopic (exact) mass is 798 g/mol. The molecule has 1 aromatic carbocycles. The van der Waals surface area contributed by atoms with Crippen molar-refractivity contribution in [1.29, 1.82) is 0 Å². The Hall–Kier alpha value is -4.18. The van der Waals surface area contributed by atoms with E-state index in [0.29, 0.717) is 50.9 Å². The summed E-state index contributed by atoms with van der Waals surface area (Å²) in [6, 6.07) is 6.10. The van der Waals surface area contributed by atoms with E-state index in [1.54, 1.807) is 19.2 Å². The van der Waals surface area contributed by atoms with E-state index < -0.39 is 12.0 Å². The van der Waals surface area contributed by atoms with E-state index in [2.05, 4.69) is 20.9 Å². The fraction of sp³-hybridized carbons (Fsp3) is 0.667. The molecule has 318 valence electrons. The molecule has 1 aliphatic rings. The minimum atomic E-state index is -0.903. The number of nitrogens with one attached hydrogen (secondary N) is 3. The maximum Gasteiger partial charge on any atom is 0.320 e. The number of hydrogen-bond donors (Lipinski definition) is 4. The van der Waals surface area contributed by atoms with E-state index in [0.717, 1.165) is 31.2 Å². The lowest BCUT2D eigenvalue weighted by molar-refractivity contribution is -0.139. The number of benzene rings is 1. The molecular weight excluding hydrogens is 732 g/mol. The van der Waals surface area contributed by atoms with E-state index >= 15 is 0 Å². The van der Waals surface area contributed by atoms with Crippen LogP contribution >= 0.6 is 0 Å². The van der Waals surface area contributed by atoms with Crippen molar-refractivity contribution in [1.82, 2.24) is 25.3 Å². The summed E-state index contributed by atoms with van der Waals surface area (Å²) < 4.78 is 0. The molecule has 2 amide bonds. The lowest BCUT2D eigenvalue weighted by Gasteiger charge is -2.46. The maximum atomic E-state index is 12.8. The number of hydrogen-bond acceptors (Lipinski definition) is 12. The van der Waals surface area contributed by atoms with Crippen molar-refractivity contribution >= 4 is 52.4 Å². The SMILES string of the molecule is CNC(CCCCNC(=O)CCCC(=O)Nc1ccc(C[C@H](CN(CC(C)=O)[C@H]2CCCC[C@@H]2N(CC(C)=O)CC(C)=O)N(CC(C)=O)CC(C)=O)cc1)C(=O)O. The lowest BCUT2D eigenvalue weighted by Crippen LogP contribution is -2.59. The number of aliphatic carboxylic acids is 1. The highest BCUT2D eigenvalue weighted by Gasteiger charge is 2.37. The van der Waals surface area contributed by atoms with E-state index in [9.17, 15) is 38.4 Å². The van der Waals surface area contributed by atoms with Crippen LogP contribution in [0.2, 0.25) is 0 Å². The van der Waals surface area contributed by atoms with Crippen LogP contribution in [0.25, 0.3) is 0 Å². The van der Waals surface area contributed by atoms with E-state index in [1.807, 2.05) is 21.9 Å². The predicted molar refractivity (Wildman–Crippen MR) is 218 cm³/mol. The number of unbranched alkanes of at least 4 members (excludes halogenated alkanes) is 1. The molecule has 1 saturated carbocycles. The molecular formula is C42H66N6O9. The quantitative estimate of drug-likeness (QED) is 0.0863. The number of ketones is 5. The fourth-order valence-electron chi connectivity index (χ4n) is 7.69. The van der Waals surface area contributed by atoms with Gasteiger partial charge in [-0.15, -0.1) is 0 Å². The zero-order valence-electron chi connectivity index (χ0n) is 34.9. The molecule has 0 saturated heterocycles. The number of likely N-dealkylation sites (N-methyl/N-ethyl adjacent to an activating group) is 1. The number of carbonyl (C=O) groups is 8. The Labute approximate surface area is 338 Å². The van der Waals surface area contributed by atoms with Crippen molar-refractivity contribution < 1.29 is 43.5 Å². The number of anilines is 1. The highest BCUT2D eigenvalue weighted by Crippen LogP contribution is 2.29. The van der Waals surface area contributed by atoms with Gasteiger partial charge in [-0.2, -0.15) is 0 Å². The molecule has 1 fully saturated rings. The Morgan fingerprint density at radius 1 is 0.684 bits per heavy atom. The highest BCUT2D eigenvalue weighted by molar-refractivity contribution is 5.91. The number of nitrogens with zero attached hydrogens (tertiary/aromatic N) is 3. The normalized spacial score (nSPS) is 16.6. The first-order valence-corrected chi connectivity index (χ1v) is 20.2. The molecule has 15 nitrogen and oxygen atoms in total. The van der Waals surface area contributed by atoms with Gasteiger partial charge in [0.05, 0.1) is 32.7 Å². The van der Waals surface area contributed by atoms with Crippen molar-refractivity contribution in [3.05, 3.63) is 29.8 Å². The second-order valence-electron chi connectivity index (χ2n) is 15.7. The van der Waals surface area contributed by atoms with Crippen LogP contribution in [0.3, 0.4) is 0 Å². The van der Waals surface area contributed by atoms with Crippen LogP contribution in [0, 0.1) is 0 Å². The Bertz CT molecular complexity index is 1490. The van der Waals surface area contributed by atoms with Crippen LogP contribution in [0.1, 0.15) is 104 Å². The van der Waals surface area contributed by atoms with Gasteiger partial charge in [0.1, 0.15) is 35.0 Å². The van der Waals surface area contributed by atoms with Gasteiger partial charge in [0.15, 0.2) is 0 Å². The molecule has 0 radical (unpaired) electrons. The van der Waals surface area contributed by atoms with Crippen molar-refractivity contribution in [3.63, 3.8) is 0 Å². The van der Waals surface area contributed by atoms with Gasteiger partial charge in [-0.3, -0.25) is 53.1 Å². The predicted octanol–water partition coefficient (Wildman–Crippen LogP) is 2.83. The third-order valence-corrected chi connectivity index (χ3v) is 10.1. The Balaban J connectivity index is 2.16. The standard InChI is InChI=1S/C42H66N6O9/c1-29(49)23-46(24-30(2)50)36(28-48(27-33(5)53)39-14-8-7-13-38(39)47(25-31(3)51)26-32(4)52)22-34-17-19-35(20-18-34)45-41(55)16-11-15-40(54)44-21-10-9-12-37(43-6)42(56)57/h17-20,36-39,43H,7-16,21-28H2,1-6H3,(H,44,54)(H,45,55)(H,56,57)/t36-,37?,38+,39+/m1/s1. The van der Waals surface area contributed by atoms with Crippen LogP contribution in [0.15, 0.2) is 24.3 Å². The van der Waals surface area contributed by atoms with Gasteiger partial charge in [0.25, 0.3) is 0 Å². The highest BCUT2D eigenvalue weighted by atomic mass is 16.4. The molecule has 0 heterocycles. The molecule has 1 aliphatic carbocycles. The van der Waals surface area contributed by atoms with Crippen molar-refractivity contribution in [2.24, 2.45) is 0 Å². The topological polar surface area (TPSA) is 203 Å². The largest absolute Gasteiger partial charge is 0.480 e. The maximum absolute atomic E-state index is 12.8. The molecule has 0 aliphatic heterocycles. The van der Waals surface area contributed by atoms with Crippen LogP contribution in [0.5, 0.6) is 0 Å². The van der Waals surface area contributed by atoms with E-state index in [4.69, 9.17) is 5.11 Å². The molecule has 0 aromatic heterocycles. The van der Waals surface area contributed by atoms with Crippen LogP contribution < -0.4 is 16.0 Å². The summed E-state index contributed by atoms with van der Waals surface area (Å²) in [4.78, 5) is 104.